The van der Waals surface area contributed by atoms with Gasteiger partial charge in [-0.15, -0.1) is 12.4 Å². The highest BCUT2D eigenvalue weighted by atomic mass is 35.5. The van der Waals surface area contributed by atoms with Gasteiger partial charge in [0.15, 0.2) is 0 Å². The Kier molecular flexibility index (Phi) is 6.47. The van der Waals surface area contributed by atoms with Crippen LogP contribution >= 0.6 is 12.4 Å². The number of aromatic amines is 1. The number of aromatic nitrogens is 4. The van der Waals surface area contributed by atoms with Crippen LogP contribution in [-0.2, 0) is 13.2 Å². The van der Waals surface area contributed by atoms with Crippen molar-refractivity contribution in [1.82, 2.24) is 24.2 Å². The van der Waals surface area contributed by atoms with Crippen LogP contribution in [0.25, 0.3) is 38.8 Å². The predicted octanol–water partition coefficient (Wildman–Crippen LogP) is 4.35. The summed E-state index contributed by atoms with van der Waals surface area (Å²) in [5.41, 5.74) is 5.38. The topological polar surface area (TPSA) is 79.1 Å². The Morgan fingerprint density at radius 3 is 2.60 bits per heavy atom. The summed E-state index contributed by atoms with van der Waals surface area (Å²) in [6.07, 6.45) is 6.29. The molecule has 0 amide bonds. The van der Waals surface area contributed by atoms with E-state index in [2.05, 4.69) is 25.7 Å². The second-order valence-corrected chi connectivity index (χ2v) is 9.05. The number of hydrogen-bond donors (Lipinski definition) is 2. The van der Waals surface area contributed by atoms with Gasteiger partial charge in [-0.05, 0) is 74.0 Å². The summed E-state index contributed by atoms with van der Waals surface area (Å²) in [6.45, 7) is 4.28. The smallest absolute Gasteiger partial charge is 0.255 e. The molecule has 1 aliphatic rings. The Bertz CT molecular complexity index is 1540. The zero-order chi connectivity index (χ0) is 23.1. The summed E-state index contributed by atoms with van der Waals surface area (Å²) in [4.78, 5) is 18.9. The molecule has 8 heteroatoms. The molecule has 0 spiro atoms. The highest BCUT2D eigenvalue weighted by molar-refractivity contribution is 5.86. The van der Waals surface area contributed by atoms with Crippen LogP contribution in [0.3, 0.4) is 0 Å². The van der Waals surface area contributed by atoms with E-state index in [0.29, 0.717) is 0 Å². The highest BCUT2D eigenvalue weighted by Gasteiger charge is 2.13. The van der Waals surface area contributed by atoms with Gasteiger partial charge in [0.05, 0.1) is 24.9 Å². The van der Waals surface area contributed by atoms with E-state index < -0.39 is 0 Å². The fraction of sp³-hybridized carbons (Fsp3) is 0.259. The van der Waals surface area contributed by atoms with Crippen LogP contribution < -0.4 is 5.56 Å². The van der Waals surface area contributed by atoms with Crippen LogP contribution in [0.2, 0.25) is 0 Å². The molecule has 2 aromatic carbocycles. The first-order valence-electron chi connectivity index (χ1n) is 11.8. The number of halogens is 1. The Morgan fingerprint density at radius 2 is 1.80 bits per heavy atom. The van der Waals surface area contributed by atoms with E-state index in [-0.39, 0.29) is 24.6 Å². The number of fused-ring (bicyclic) bond motifs is 2. The van der Waals surface area contributed by atoms with Gasteiger partial charge >= 0.3 is 0 Å². The lowest BCUT2D eigenvalue weighted by Crippen LogP contribution is -2.24. The maximum atomic E-state index is 13.0. The van der Waals surface area contributed by atoms with E-state index in [1.807, 2.05) is 54.9 Å². The standard InChI is InChI=1S/C27H27N5O2.ClH/c33-18-19-3-5-24-21(13-19)15-25(29-24)20-7-10-31(27(34)16-20)23-4-6-26-22(14-23)17-28-32(26)12-11-30-8-1-2-9-30;/h3-7,10,13-17,29,33H,1-2,8-9,11-12,18H2;1H. The van der Waals surface area contributed by atoms with Gasteiger partial charge < -0.3 is 15.0 Å². The SMILES string of the molecule is Cl.O=c1cc(-c2cc3cc(CO)ccc3[nH]2)ccn1-c1ccc2c(cnn2CCN2CCCC2)c1. The summed E-state index contributed by atoms with van der Waals surface area (Å²) in [7, 11) is 0. The maximum absolute atomic E-state index is 13.0. The van der Waals surface area contributed by atoms with Gasteiger partial charge in [0.2, 0.25) is 0 Å². The molecule has 4 heterocycles. The third kappa shape index (κ3) is 4.50. The molecule has 0 aliphatic carbocycles. The van der Waals surface area contributed by atoms with Gasteiger partial charge in [0.1, 0.15) is 0 Å². The van der Waals surface area contributed by atoms with Crippen molar-refractivity contribution < 1.29 is 5.11 Å². The predicted molar refractivity (Wildman–Crippen MR) is 141 cm³/mol. The molecule has 1 fully saturated rings. The summed E-state index contributed by atoms with van der Waals surface area (Å²) >= 11 is 0. The van der Waals surface area contributed by atoms with Crippen molar-refractivity contribution in [2.24, 2.45) is 0 Å². The van der Waals surface area contributed by atoms with Gasteiger partial charge in [-0.3, -0.25) is 14.0 Å². The fourth-order valence-corrected chi connectivity index (χ4v) is 4.94. The summed E-state index contributed by atoms with van der Waals surface area (Å²) in [5, 5.41) is 16.0. The first-order valence-corrected chi connectivity index (χ1v) is 11.8. The number of likely N-dealkylation sites (tertiary alicyclic amines) is 1. The fourth-order valence-electron chi connectivity index (χ4n) is 4.94. The number of nitrogens with one attached hydrogen (secondary N) is 1. The van der Waals surface area contributed by atoms with E-state index in [4.69, 9.17) is 0 Å². The minimum atomic E-state index is -0.0898. The monoisotopic (exact) mass is 489 g/mol. The largest absolute Gasteiger partial charge is 0.392 e. The molecule has 0 atom stereocenters. The zero-order valence-corrected chi connectivity index (χ0v) is 20.2. The highest BCUT2D eigenvalue weighted by Crippen LogP contribution is 2.25. The quantitative estimate of drug-likeness (QED) is 0.372. The average molecular weight is 490 g/mol. The van der Waals surface area contributed by atoms with Gasteiger partial charge in [0, 0.05) is 52.0 Å². The molecule has 7 nitrogen and oxygen atoms in total. The Labute approximate surface area is 209 Å². The number of aliphatic hydroxyl groups is 1. The number of hydrogen-bond acceptors (Lipinski definition) is 4. The van der Waals surface area contributed by atoms with Crippen LogP contribution in [-0.4, -0.2) is 49.0 Å². The molecule has 1 saturated heterocycles. The first kappa shape index (κ1) is 23.4. The Balaban J connectivity index is 0.00000253. The van der Waals surface area contributed by atoms with Crippen LogP contribution in [0.15, 0.2) is 71.8 Å². The Hall–Kier alpha value is -3.39. The van der Waals surface area contributed by atoms with Crippen molar-refractivity contribution in [2.75, 3.05) is 19.6 Å². The maximum Gasteiger partial charge on any atom is 0.255 e. The first-order chi connectivity index (χ1) is 16.7. The molecule has 5 aromatic rings. The number of H-pyrrole nitrogens is 1. The number of benzene rings is 2. The van der Waals surface area contributed by atoms with Crippen molar-refractivity contribution >= 4 is 34.2 Å². The number of pyridine rings is 1. The van der Waals surface area contributed by atoms with Gasteiger partial charge in [-0.25, -0.2) is 0 Å². The van der Waals surface area contributed by atoms with Crippen molar-refractivity contribution in [3.63, 3.8) is 0 Å². The van der Waals surface area contributed by atoms with E-state index in [9.17, 15) is 9.90 Å². The van der Waals surface area contributed by atoms with E-state index >= 15 is 0 Å². The zero-order valence-electron chi connectivity index (χ0n) is 19.4. The average Bonchev–Trinajstić information content (AvgIpc) is 3.61. The molecule has 0 saturated carbocycles. The number of nitrogens with zero attached hydrogens (tertiary/aromatic N) is 4. The van der Waals surface area contributed by atoms with Crippen molar-refractivity contribution in [3.05, 3.63) is 82.9 Å². The minimum Gasteiger partial charge on any atom is -0.392 e. The lowest BCUT2D eigenvalue weighted by Gasteiger charge is -2.14. The summed E-state index contributed by atoms with van der Waals surface area (Å²) in [5.74, 6) is 0. The molecule has 0 bridgehead atoms. The van der Waals surface area contributed by atoms with Crippen molar-refractivity contribution in [1.29, 1.82) is 0 Å². The van der Waals surface area contributed by atoms with E-state index in [1.54, 1.807) is 10.6 Å². The number of aliphatic hydroxyl groups excluding tert-OH is 1. The minimum absolute atomic E-state index is 0. The van der Waals surface area contributed by atoms with E-state index in [1.165, 1.54) is 25.9 Å². The second kappa shape index (κ2) is 9.70. The van der Waals surface area contributed by atoms with Crippen molar-refractivity contribution in [2.45, 2.75) is 26.0 Å². The van der Waals surface area contributed by atoms with Gasteiger partial charge in [0.25, 0.3) is 5.56 Å². The van der Waals surface area contributed by atoms with Crippen molar-refractivity contribution in [3.8, 4) is 16.9 Å². The summed E-state index contributed by atoms with van der Waals surface area (Å²) < 4.78 is 3.72. The molecule has 0 radical (unpaired) electrons. The molecule has 35 heavy (non-hydrogen) atoms. The molecular weight excluding hydrogens is 462 g/mol. The van der Waals surface area contributed by atoms with Crippen LogP contribution in [0.1, 0.15) is 18.4 Å². The molecular formula is C27H28ClN5O2. The van der Waals surface area contributed by atoms with Crippen LogP contribution in [0.5, 0.6) is 0 Å². The molecule has 2 N–H and O–H groups in total. The Morgan fingerprint density at radius 1 is 0.943 bits per heavy atom. The normalized spacial score (nSPS) is 14.1. The molecule has 6 rings (SSSR count). The number of rotatable bonds is 6. The van der Waals surface area contributed by atoms with Gasteiger partial charge in [-0.1, -0.05) is 6.07 Å². The lowest BCUT2D eigenvalue weighted by atomic mass is 10.1. The van der Waals surface area contributed by atoms with Gasteiger partial charge in [-0.2, -0.15) is 5.10 Å². The second-order valence-electron chi connectivity index (χ2n) is 9.05. The van der Waals surface area contributed by atoms with Crippen LogP contribution in [0.4, 0.5) is 0 Å². The third-order valence-electron chi connectivity index (χ3n) is 6.83. The lowest BCUT2D eigenvalue weighted by molar-refractivity contribution is 0.282. The van der Waals surface area contributed by atoms with Crippen LogP contribution in [0, 0.1) is 0 Å². The molecule has 180 valence electrons. The molecule has 3 aromatic heterocycles. The summed E-state index contributed by atoms with van der Waals surface area (Å²) in [6, 6.07) is 17.5. The third-order valence-corrected chi connectivity index (χ3v) is 6.83. The van der Waals surface area contributed by atoms with E-state index in [0.717, 1.165) is 57.4 Å². The molecule has 0 unspecified atom stereocenters. The molecule has 1 aliphatic heterocycles.